The van der Waals surface area contributed by atoms with Crippen LogP contribution in [0.5, 0.6) is 0 Å². The summed E-state index contributed by atoms with van der Waals surface area (Å²) >= 11 is 0. The lowest BCUT2D eigenvalue weighted by molar-refractivity contribution is -0.134. The van der Waals surface area contributed by atoms with Crippen LogP contribution in [0.15, 0.2) is 30.4 Å². The maximum absolute atomic E-state index is 12.5. The van der Waals surface area contributed by atoms with Gasteiger partial charge < -0.3 is 19.8 Å². The number of likely N-dealkylation sites (tertiary alicyclic amines) is 1. The number of anilines is 2. The number of hydrogen-bond donors (Lipinski definition) is 3. The summed E-state index contributed by atoms with van der Waals surface area (Å²) in [7, 11) is 4.34. The number of fused-ring (bicyclic) bond motifs is 3. The molecule has 4 rings (SSSR count). The van der Waals surface area contributed by atoms with Gasteiger partial charge in [0.05, 0.1) is 6.17 Å². The smallest absolute Gasteiger partial charge is 0.411 e. The monoisotopic (exact) mass is 459 g/mol. The van der Waals surface area contributed by atoms with Crippen LogP contribution in [0.4, 0.5) is 16.2 Å². The number of carboxylic acid groups (broad SMARTS) is 2. The van der Waals surface area contributed by atoms with Crippen molar-refractivity contribution in [2.24, 2.45) is 0 Å². The molecule has 1 saturated carbocycles. The van der Waals surface area contributed by atoms with E-state index in [4.69, 9.17) is 14.9 Å². The van der Waals surface area contributed by atoms with Gasteiger partial charge in [0.1, 0.15) is 6.10 Å². The highest BCUT2D eigenvalue weighted by Gasteiger charge is 2.53. The second-order valence-corrected chi connectivity index (χ2v) is 9.13. The fourth-order valence-corrected chi connectivity index (χ4v) is 5.41. The maximum atomic E-state index is 12.5. The van der Waals surface area contributed by atoms with E-state index >= 15 is 0 Å². The Bertz CT molecular complexity index is 911. The first-order chi connectivity index (χ1) is 15.6. The fourth-order valence-electron chi connectivity index (χ4n) is 5.41. The second kappa shape index (κ2) is 10.2. The number of likely N-dealkylation sites (N-methyl/N-ethyl adjacent to an activating group) is 2. The van der Waals surface area contributed by atoms with E-state index in [-0.39, 0.29) is 17.6 Å². The lowest BCUT2D eigenvalue weighted by Gasteiger charge is -2.32. The molecule has 1 aromatic carbocycles. The predicted molar refractivity (Wildman–Crippen MR) is 125 cm³/mol. The number of aliphatic carboxylic acids is 2. The van der Waals surface area contributed by atoms with Crippen LogP contribution in [0, 0.1) is 0 Å². The molecule has 0 spiro atoms. The normalized spacial score (nSPS) is 24.6. The standard InChI is InChI=1S/C20H29N3O2.C4H4O4/c1-20-12-13-22(2)18(20)23(3)16-11-7-10-15(17(16)20)21-19(24)25-14-8-5-4-6-9-14;5-3(6)1-2-4(7)8/h7,10-11,14,18H,4-6,8-9,12-13H2,1-3H3,(H,21,24);1-2H,(H,5,6)(H,7,8)/b;2-1-. The van der Waals surface area contributed by atoms with Gasteiger partial charge in [-0.3, -0.25) is 10.2 Å². The molecule has 2 aliphatic heterocycles. The number of ether oxygens (including phenoxy) is 1. The molecule has 3 N–H and O–H groups in total. The van der Waals surface area contributed by atoms with Crippen molar-refractivity contribution in [1.82, 2.24) is 4.90 Å². The van der Waals surface area contributed by atoms with E-state index in [1.807, 2.05) is 12.1 Å². The number of nitrogens with zero attached hydrogens (tertiary/aromatic N) is 2. The van der Waals surface area contributed by atoms with E-state index in [1.165, 1.54) is 17.7 Å². The van der Waals surface area contributed by atoms with Crippen molar-refractivity contribution in [2.45, 2.75) is 63.1 Å². The summed E-state index contributed by atoms with van der Waals surface area (Å²) in [4.78, 5) is 36.3. The first-order valence-electron chi connectivity index (χ1n) is 11.3. The minimum atomic E-state index is -1.26. The molecule has 0 aromatic heterocycles. The van der Waals surface area contributed by atoms with Crippen LogP contribution in [-0.2, 0) is 19.7 Å². The van der Waals surface area contributed by atoms with Crippen molar-refractivity contribution in [1.29, 1.82) is 0 Å². The molecular formula is C24H33N3O6. The number of rotatable bonds is 4. The topological polar surface area (TPSA) is 119 Å². The molecule has 1 aromatic rings. The third-order valence-electron chi connectivity index (χ3n) is 6.76. The van der Waals surface area contributed by atoms with Crippen molar-refractivity contribution in [3.8, 4) is 0 Å². The molecule has 1 aliphatic carbocycles. The minimum Gasteiger partial charge on any atom is -0.478 e. The SMILES string of the molecule is CN1CCC2(C)c3c(NC(=O)OC4CCCCC4)cccc3N(C)C12.O=C(O)/C=C\C(=O)O. The van der Waals surface area contributed by atoms with Crippen LogP contribution in [0.25, 0.3) is 0 Å². The first kappa shape index (κ1) is 24.6. The second-order valence-electron chi connectivity index (χ2n) is 9.13. The number of carbonyl (C=O) groups is 3. The Hall–Kier alpha value is -3.07. The van der Waals surface area contributed by atoms with Gasteiger partial charge in [-0.2, -0.15) is 0 Å². The van der Waals surface area contributed by atoms with E-state index in [9.17, 15) is 14.4 Å². The molecule has 0 radical (unpaired) electrons. The van der Waals surface area contributed by atoms with Crippen LogP contribution in [-0.4, -0.2) is 66.1 Å². The highest BCUT2D eigenvalue weighted by atomic mass is 16.6. The zero-order valence-electron chi connectivity index (χ0n) is 19.4. The van der Waals surface area contributed by atoms with Gasteiger partial charge in [-0.05, 0) is 51.3 Å². The summed E-state index contributed by atoms with van der Waals surface area (Å²) in [5.74, 6) is -2.51. The van der Waals surface area contributed by atoms with Crippen molar-refractivity contribution >= 4 is 29.4 Å². The van der Waals surface area contributed by atoms with E-state index in [0.29, 0.717) is 18.3 Å². The molecule has 9 heteroatoms. The molecule has 2 unspecified atom stereocenters. The Balaban J connectivity index is 0.000000331. The van der Waals surface area contributed by atoms with Gasteiger partial charge in [-0.1, -0.05) is 19.4 Å². The minimum absolute atomic E-state index is 0.0353. The largest absolute Gasteiger partial charge is 0.478 e. The number of nitrogens with one attached hydrogen (secondary N) is 1. The average Bonchev–Trinajstić information content (AvgIpc) is 3.19. The molecule has 2 fully saturated rings. The Labute approximate surface area is 194 Å². The number of hydrogen-bond acceptors (Lipinski definition) is 6. The van der Waals surface area contributed by atoms with Crippen LogP contribution in [0.1, 0.15) is 51.0 Å². The van der Waals surface area contributed by atoms with E-state index in [1.54, 1.807) is 0 Å². The van der Waals surface area contributed by atoms with Gasteiger partial charge in [-0.15, -0.1) is 0 Å². The Morgan fingerprint density at radius 3 is 2.33 bits per heavy atom. The Morgan fingerprint density at radius 2 is 1.73 bits per heavy atom. The van der Waals surface area contributed by atoms with Gasteiger partial charge in [-0.25, -0.2) is 14.4 Å². The summed E-state index contributed by atoms with van der Waals surface area (Å²) in [5.41, 5.74) is 3.42. The number of amides is 1. The predicted octanol–water partition coefficient (Wildman–Crippen LogP) is 3.65. The van der Waals surface area contributed by atoms with Crippen molar-refractivity contribution in [3.63, 3.8) is 0 Å². The molecule has 2 atom stereocenters. The van der Waals surface area contributed by atoms with Crippen molar-refractivity contribution in [2.75, 3.05) is 30.9 Å². The third kappa shape index (κ3) is 5.47. The molecule has 1 amide bonds. The quantitative estimate of drug-likeness (QED) is 0.584. The van der Waals surface area contributed by atoms with Crippen LogP contribution < -0.4 is 10.2 Å². The van der Waals surface area contributed by atoms with Crippen molar-refractivity contribution < 1.29 is 29.3 Å². The molecule has 9 nitrogen and oxygen atoms in total. The zero-order chi connectivity index (χ0) is 24.2. The summed E-state index contributed by atoms with van der Waals surface area (Å²) in [6, 6.07) is 6.20. The lowest BCUT2D eigenvalue weighted by atomic mass is 9.80. The zero-order valence-corrected chi connectivity index (χ0v) is 19.4. The number of carbonyl (C=O) groups excluding carboxylic acids is 1. The Morgan fingerprint density at radius 1 is 1.09 bits per heavy atom. The lowest BCUT2D eigenvalue weighted by Crippen LogP contribution is -2.45. The summed E-state index contributed by atoms with van der Waals surface area (Å²) in [6.45, 7) is 3.40. The van der Waals surface area contributed by atoms with Crippen LogP contribution in [0.3, 0.4) is 0 Å². The molecule has 1 saturated heterocycles. The van der Waals surface area contributed by atoms with E-state index in [2.05, 4.69) is 42.2 Å². The molecule has 2 heterocycles. The van der Waals surface area contributed by atoms with Gasteiger partial charge in [0.15, 0.2) is 0 Å². The maximum Gasteiger partial charge on any atom is 0.411 e. The molecule has 3 aliphatic rings. The van der Waals surface area contributed by atoms with Gasteiger partial charge in [0.2, 0.25) is 0 Å². The fraction of sp³-hybridized carbons (Fsp3) is 0.542. The highest BCUT2D eigenvalue weighted by molar-refractivity contribution is 5.90. The van der Waals surface area contributed by atoms with Crippen LogP contribution >= 0.6 is 0 Å². The molecule has 33 heavy (non-hydrogen) atoms. The molecular weight excluding hydrogens is 426 g/mol. The summed E-state index contributed by atoms with van der Waals surface area (Å²) in [5, 5.41) is 18.7. The summed E-state index contributed by atoms with van der Waals surface area (Å²) < 4.78 is 5.67. The van der Waals surface area contributed by atoms with Crippen LogP contribution in [0.2, 0.25) is 0 Å². The van der Waals surface area contributed by atoms with E-state index in [0.717, 1.165) is 44.3 Å². The van der Waals surface area contributed by atoms with Crippen molar-refractivity contribution in [3.05, 3.63) is 35.9 Å². The summed E-state index contributed by atoms with van der Waals surface area (Å²) in [6.07, 6.45) is 7.90. The molecule has 0 bridgehead atoms. The highest BCUT2D eigenvalue weighted by Crippen LogP contribution is 2.53. The number of benzene rings is 1. The first-order valence-corrected chi connectivity index (χ1v) is 11.3. The average molecular weight is 460 g/mol. The number of carboxylic acids is 2. The third-order valence-corrected chi connectivity index (χ3v) is 6.76. The van der Waals surface area contributed by atoms with Gasteiger partial charge in [0, 0.05) is 48.1 Å². The molecule has 180 valence electrons. The van der Waals surface area contributed by atoms with Gasteiger partial charge >= 0.3 is 18.0 Å². The van der Waals surface area contributed by atoms with Gasteiger partial charge in [0.25, 0.3) is 0 Å². The Kier molecular flexibility index (Phi) is 7.63. The van der Waals surface area contributed by atoms with E-state index < -0.39 is 11.9 Å².